The topological polar surface area (TPSA) is 54.0 Å². The fraction of sp³-hybridized carbons (Fsp3) is 0.389. The minimum absolute atomic E-state index is 0.257. The predicted octanol–water partition coefficient (Wildman–Crippen LogP) is 3.72. The van der Waals surface area contributed by atoms with Crippen molar-refractivity contribution in [3.8, 4) is 5.75 Å². The average Bonchev–Trinajstić information content (AvgIpc) is 2.60. The molecule has 0 heterocycles. The normalized spacial score (nSPS) is 14.3. The van der Waals surface area contributed by atoms with Crippen LogP contribution in [0.25, 0.3) is 6.08 Å². The molecule has 132 valence electrons. The first-order valence-electron chi connectivity index (χ1n) is 7.34. The third-order valence-electron chi connectivity index (χ3n) is 3.57. The van der Waals surface area contributed by atoms with Gasteiger partial charge in [0.1, 0.15) is 5.75 Å². The van der Waals surface area contributed by atoms with Crippen molar-refractivity contribution < 1.29 is 23.7 Å². The van der Waals surface area contributed by atoms with E-state index in [1.54, 1.807) is 20.3 Å². The van der Waals surface area contributed by atoms with Gasteiger partial charge in [0, 0.05) is 13.0 Å². The summed E-state index contributed by atoms with van der Waals surface area (Å²) in [5, 5.41) is 0.544. The Morgan fingerprint density at radius 3 is 2.46 bits per heavy atom. The quantitative estimate of drug-likeness (QED) is 0.404. The van der Waals surface area contributed by atoms with Crippen molar-refractivity contribution in [1.29, 1.82) is 0 Å². The molecule has 0 radical (unpaired) electrons. The molecular weight excluding hydrogens is 332 g/mol. The van der Waals surface area contributed by atoms with E-state index < -0.39 is 5.97 Å². The fourth-order valence-corrected chi connectivity index (χ4v) is 2.39. The van der Waals surface area contributed by atoms with E-state index in [1.807, 2.05) is 31.2 Å². The summed E-state index contributed by atoms with van der Waals surface area (Å²) in [7, 11) is 5.95. The summed E-state index contributed by atoms with van der Waals surface area (Å²) in [5.41, 5.74) is 1.30. The van der Waals surface area contributed by atoms with E-state index in [4.69, 9.17) is 30.5 Å². The Balaban J connectivity index is 3.00. The number of esters is 1. The summed E-state index contributed by atoms with van der Waals surface area (Å²) in [6, 6.07) is 5.45. The van der Waals surface area contributed by atoms with Crippen LogP contribution in [-0.4, -0.2) is 40.5 Å². The highest BCUT2D eigenvalue weighted by Gasteiger charge is 2.25. The first kappa shape index (κ1) is 20.1. The van der Waals surface area contributed by atoms with Gasteiger partial charge in [0.15, 0.2) is 0 Å². The van der Waals surface area contributed by atoms with E-state index in [0.29, 0.717) is 16.3 Å². The molecule has 2 unspecified atom stereocenters. The van der Waals surface area contributed by atoms with Gasteiger partial charge >= 0.3 is 5.97 Å². The molecule has 0 spiro atoms. The Morgan fingerprint density at radius 1 is 1.21 bits per heavy atom. The zero-order chi connectivity index (χ0) is 18.1. The van der Waals surface area contributed by atoms with Crippen LogP contribution in [0.5, 0.6) is 5.75 Å². The standard InChI is InChI=1S/C18H23ClO5/c1-12(14(11-21-2)18(20)24-5)16(22-3)9-7-13-6-8-15(19)17(10-13)23-4/h6-12,16H,1-5H3/b9-7+,14-11-. The molecule has 1 rings (SSSR count). The maximum atomic E-state index is 11.9. The lowest BCUT2D eigenvalue weighted by atomic mass is 9.95. The van der Waals surface area contributed by atoms with Crippen LogP contribution in [0, 0.1) is 5.92 Å². The maximum absolute atomic E-state index is 11.9. The molecule has 0 amide bonds. The number of benzene rings is 1. The second-order valence-corrected chi connectivity index (χ2v) is 5.45. The van der Waals surface area contributed by atoms with Crippen molar-refractivity contribution in [2.45, 2.75) is 13.0 Å². The highest BCUT2D eigenvalue weighted by Crippen LogP contribution is 2.26. The lowest BCUT2D eigenvalue weighted by Gasteiger charge is -2.21. The predicted molar refractivity (Wildman–Crippen MR) is 94.1 cm³/mol. The van der Waals surface area contributed by atoms with Gasteiger partial charge in [-0.15, -0.1) is 0 Å². The van der Waals surface area contributed by atoms with Gasteiger partial charge < -0.3 is 18.9 Å². The van der Waals surface area contributed by atoms with Crippen molar-refractivity contribution in [3.05, 3.63) is 46.7 Å². The van der Waals surface area contributed by atoms with Crippen molar-refractivity contribution in [1.82, 2.24) is 0 Å². The Kier molecular flexibility index (Phi) is 8.36. The summed E-state index contributed by atoms with van der Waals surface area (Å²) >= 11 is 6.02. The molecule has 0 fully saturated rings. The monoisotopic (exact) mass is 354 g/mol. The molecule has 5 nitrogen and oxygen atoms in total. The minimum Gasteiger partial charge on any atom is -0.504 e. The van der Waals surface area contributed by atoms with E-state index in [9.17, 15) is 4.79 Å². The Morgan fingerprint density at radius 2 is 1.92 bits per heavy atom. The molecule has 1 aromatic rings. The highest BCUT2D eigenvalue weighted by molar-refractivity contribution is 6.32. The van der Waals surface area contributed by atoms with Gasteiger partial charge in [-0.25, -0.2) is 4.79 Å². The van der Waals surface area contributed by atoms with Crippen molar-refractivity contribution in [2.75, 3.05) is 28.4 Å². The van der Waals surface area contributed by atoms with E-state index in [0.717, 1.165) is 5.56 Å². The molecule has 0 aliphatic carbocycles. The van der Waals surface area contributed by atoms with Crippen LogP contribution < -0.4 is 4.74 Å². The molecule has 24 heavy (non-hydrogen) atoms. The summed E-state index contributed by atoms with van der Waals surface area (Å²) in [6.07, 6.45) is 4.78. The Hall–Kier alpha value is -1.98. The number of carbonyl (C=O) groups is 1. The molecule has 6 heteroatoms. The third kappa shape index (κ3) is 5.28. The molecule has 0 aliphatic rings. The number of rotatable bonds is 8. The van der Waals surface area contributed by atoms with Gasteiger partial charge in [-0.1, -0.05) is 36.7 Å². The SMILES string of the molecule is CO/C=C(\C(=O)OC)C(C)C(/C=C/c1ccc(Cl)c(OC)c1)OC. The maximum Gasteiger partial charge on any atom is 0.337 e. The molecular formula is C18H23ClO5. The van der Waals surface area contributed by atoms with Crippen LogP contribution in [0.15, 0.2) is 36.1 Å². The summed E-state index contributed by atoms with van der Waals surface area (Å²) in [6.45, 7) is 1.86. The van der Waals surface area contributed by atoms with Crippen LogP contribution in [0.2, 0.25) is 5.02 Å². The summed E-state index contributed by atoms with van der Waals surface area (Å²) in [5.74, 6) is -0.115. The zero-order valence-electron chi connectivity index (χ0n) is 14.5. The number of hydrogen-bond acceptors (Lipinski definition) is 5. The lowest BCUT2D eigenvalue weighted by Crippen LogP contribution is -2.24. The van der Waals surface area contributed by atoms with Gasteiger partial charge in [0.25, 0.3) is 0 Å². The van der Waals surface area contributed by atoms with Crippen molar-refractivity contribution in [3.63, 3.8) is 0 Å². The minimum atomic E-state index is -0.451. The lowest BCUT2D eigenvalue weighted by molar-refractivity contribution is -0.137. The van der Waals surface area contributed by atoms with E-state index in [1.165, 1.54) is 20.5 Å². The van der Waals surface area contributed by atoms with Gasteiger partial charge in [-0.2, -0.15) is 0 Å². The fourth-order valence-electron chi connectivity index (χ4n) is 2.20. The zero-order valence-corrected chi connectivity index (χ0v) is 15.3. The van der Waals surface area contributed by atoms with E-state index in [2.05, 4.69) is 0 Å². The third-order valence-corrected chi connectivity index (χ3v) is 3.89. The molecule has 2 atom stereocenters. The van der Waals surface area contributed by atoms with Crippen LogP contribution >= 0.6 is 11.6 Å². The molecule has 0 aliphatic heterocycles. The molecule has 1 aromatic carbocycles. The van der Waals surface area contributed by atoms with Crippen LogP contribution in [0.4, 0.5) is 0 Å². The molecule has 0 aromatic heterocycles. The Bertz CT molecular complexity index is 609. The Labute approximate surface area is 147 Å². The first-order valence-corrected chi connectivity index (χ1v) is 7.72. The second-order valence-electron chi connectivity index (χ2n) is 5.04. The van der Waals surface area contributed by atoms with Crippen LogP contribution in [0.3, 0.4) is 0 Å². The molecule has 0 saturated carbocycles. The van der Waals surface area contributed by atoms with Gasteiger partial charge in [-0.3, -0.25) is 0 Å². The van der Waals surface area contributed by atoms with Gasteiger partial charge in [-0.05, 0) is 17.7 Å². The van der Waals surface area contributed by atoms with Crippen molar-refractivity contribution in [2.24, 2.45) is 5.92 Å². The largest absolute Gasteiger partial charge is 0.504 e. The number of carbonyl (C=O) groups excluding carboxylic acids is 1. The number of hydrogen-bond donors (Lipinski definition) is 0. The first-order chi connectivity index (χ1) is 11.5. The summed E-state index contributed by atoms with van der Waals surface area (Å²) < 4.78 is 20.5. The van der Waals surface area contributed by atoms with E-state index in [-0.39, 0.29) is 12.0 Å². The van der Waals surface area contributed by atoms with Gasteiger partial charge in [0.2, 0.25) is 0 Å². The highest BCUT2D eigenvalue weighted by atomic mass is 35.5. The average molecular weight is 355 g/mol. The number of methoxy groups -OCH3 is 4. The molecule has 0 saturated heterocycles. The van der Waals surface area contributed by atoms with Gasteiger partial charge in [0.05, 0.1) is 44.3 Å². The van der Waals surface area contributed by atoms with Crippen LogP contribution in [0.1, 0.15) is 12.5 Å². The van der Waals surface area contributed by atoms with Crippen LogP contribution in [-0.2, 0) is 19.0 Å². The van der Waals surface area contributed by atoms with E-state index >= 15 is 0 Å². The summed E-state index contributed by atoms with van der Waals surface area (Å²) in [4.78, 5) is 11.9. The number of halogens is 1. The second kappa shape index (κ2) is 10.0. The molecule has 0 N–H and O–H groups in total. The smallest absolute Gasteiger partial charge is 0.337 e. The molecule has 0 bridgehead atoms. The van der Waals surface area contributed by atoms with Crippen molar-refractivity contribution >= 4 is 23.6 Å². The number of ether oxygens (including phenoxy) is 4.